The lowest BCUT2D eigenvalue weighted by atomic mass is 10.3. The van der Waals surface area contributed by atoms with Crippen LogP contribution >= 0.6 is 0 Å². The number of hydrogen-bond acceptors (Lipinski definition) is 2. The first kappa shape index (κ1) is 11.0. The quantitative estimate of drug-likeness (QED) is 0.718. The summed E-state index contributed by atoms with van der Waals surface area (Å²) in [7, 11) is -3.13. The molecule has 14 heavy (non-hydrogen) atoms. The van der Waals surface area contributed by atoms with Crippen LogP contribution in [0.3, 0.4) is 0 Å². The van der Waals surface area contributed by atoms with E-state index in [0.29, 0.717) is 4.90 Å². The van der Waals surface area contributed by atoms with Crippen molar-refractivity contribution in [3.05, 3.63) is 42.0 Å². The zero-order valence-electron chi connectivity index (χ0n) is 8.40. The molecule has 2 nitrogen and oxygen atoms in total. The third-order valence-electron chi connectivity index (χ3n) is 1.81. The van der Waals surface area contributed by atoms with Gasteiger partial charge in [-0.2, -0.15) is 0 Å². The van der Waals surface area contributed by atoms with Crippen molar-refractivity contribution in [3.8, 4) is 0 Å². The summed E-state index contributed by atoms with van der Waals surface area (Å²) >= 11 is 0. The minimum Gasteiger partial charge on any atom is -0.223 e. The molecule has 0 atom stereocenters. The number of allylic oxidation sites excluding steroid dienone is 1. The van der Waals surface area contributed by atoms with Crippen molar-refractivity contribution in [2.75, 3.05) is 5.75 Å². The molecule has 0 spiro atoms. The summed E-state index contributed by atoms with van der Waals surface area (Å²) in [6.45, 7) is 3.78. The molecule has 0 aliphatic carbocycles. The van der Waals surface area contributed by atoms with Gasteiger partial charge in [0.15, 0.2) is 9.84 Å². The number of sulfone groups is 1. The van der Waals surface area contributed by atoms with E-state index in [9.17, 15) is 8.42 Å². The normalized spacial score (nSPS) is 11.0. The Morgan fingerprint density at radius 3 is 2.29 bits per heavy atom. The first-order valence-corrected chi connectivity index (χ1v) is 6.09. The highest BCUT2D eigenvalue weighted by molar-refractivity contribution is 7.91. The first-order valence-electron chi connectivity index (χ1n) is 4.43. The van der Waals surface area contributed by atoms with E-state index in [1.807, 2.05) is 13.8 Å². The Morgan fingerprint density at radius 2 is 1.79 bits per heavy atom. The number of benzene rings is 1. The Balaban J connectivity index is 2.93. The second-order valence-electron chi connectivity index (χ2n) is 3.38. The molecule has 1 aromatic rings. The average molecular weight is 210 g/mol. The molecule has 0 bridgehead atoms. The zero-order valence-corrected chi connectivity index (χ0v) is 9.21. The molecule has 0 saturated heterocycles. The van der Waals surface area contributed by atoms with Crippen LogP contribution in [0.5, 0.6) is 0 Å². The summed E-state index contributed by atoms with van der Waals surface area (Å²) in [5.41, 5.74) is 1.02. The van der Waals surface area contributed by atoms with Crippen molar-refractivity contribution in [2.45, 2.75) is 18.7 Å². The Kier molecular flexibility index (Phi) is 3.47. The Morgan fingerprint density at radius 1 is 1.21 bits per heavy atom. The molecule has 0 radical (unpaired) electrons. The summed E-state index contributed by atoms with van der Waals surface area (Å²) in [5, 5.41) is 0. The maximum absolute atomic E-state index is 11.7. The Hall–Kier alpha value is -1.09. The maximum atomic E-state index is 11.7. The van der Waals surface area contributed by atoms with Gasteiger partial charge in [0.1, 0.15) is 0 Å². The fourth-order valence-corrected chi connectivity index (χ4v) is 2.32. The topological polar surface area (TPSA) is 34.1 Å². The van der Waals surface area contributed by atoms with Crippen LogP contribution in [0, 0.1) is 0 Å². The molecular formula is C11H14O2S. The molecule has 0 aliphatic rings. The molecule has 76 valence electrons. The van der Waals surface area contributed by atoms with Crippen molar-refractivity contribution in [1.29, 1.82) is 0 Å². The predicted octanol–water partition coefficient (Wildman–Crippen LogP) is 2.43. The third-order valence-corrected chi connectivity index (χ3v) is 3.41. The Bertz CT molecular complexity index is 412. The molecule has 0 saturated carbocycles. The van der Waals surface area contributed by atoms with Crippen LogP contribution in [-0.2, 0) is 9.84 Å². The zero-order chi connectivity index (χ0) is 10.6. The van der Waals surface area contributed by atoms with Gasteiger partial charge in [-0.3, -0.25) is 0 Å². The fraction of sp³-hybridized carbons (Fsp3) is 0.273. The largest absolute Gasteiger partial charge is 0.223 e. The van der Waals surface area contributed by atoms with Gasteiger partial charge in [-0.25, -0.2) is 8.42 Å². The smallest absolute Gasteiger partial charge is 0.181 e. The van der Waals surface area contributed by atoms with Gasteiger partial charge in [0, 0.05) is 0 Å². The second kappa shape index (κ2) is 4.42. The minimum absolute atomic E-state index is 0.0827. The van der Waals surface area contributed by atoms with Gasteiger partial charge in [0.05, 0.1) is 10.6 Å². The van der Waals surface area contributed by atoms with E-state index in [1.165, 1.54) is 0 Å². The molecule has 3 heteroatoms. The fourth-order valence-electron chi connectivity index (χ4n) is 1.00. The van der Waals surface area contributed by atoms with E-state index >= 15 is 0 Å². The van der Waals surface area contributed by atoms with Crippen LogP contribution in [0.1, 0.15) is 13.8 Å². The minimum atomic E-state index is -3.13. The van der Waals surface area contributed by atoms with Gasteiger partial charge in [0.25, 0.3) is 0 Å². The van der Waals surface area contributed by atoms with Crippen molar-refractivity contribution < 1.29 is 8.42 Å². The lowest BCUT2D eigenvalue weighted by molar-refractivity contribution is 0.599. The van der Waals surface area contributed by atoms with Crippen molar-refractivity contribution in [1.82, 2.24) is 0 Å². The first-order chi connectivity index (χ1) is 6.52. The molecule has 0 fully saturated rings. The predicted molar refractivity (Wildman–Crippen MR) is 57.9 cm³/mol. The van der Waals surface area contributed by atoms with Gasteiger partial charge in [-0.05, 0) is 26.0 Å². The standard InChI is InChI=1S/C11H14O2S/c1-10(2)8-9-14(12,13)11-6-4-3-5-7-11/h3-8H,9H2,1-2H3. The van der Waals surface area contributed by atoms with Gasteiger partial charge >= 0.3 is 0 Å². The van der Waals surface area contributed by atoms with E-state index < -0.39 is 9.84 Å². The molecule has 1 aromatic carbocycles. The molecular weight excluding hydrogens is 196 g/mol. The lowest BCUT2D eigenvalue weighted by Gasteiger charge is -2.00. The average Bonchev–Trinajstić information content (AvgIpc) is 2.16. The van der Waals surface area contributed by atoms with Crippen molar-refractivity contribution in [2.24, 2.45) is 0 Å². The molecule has 0 unspecified atom stereocenters. The van der Waals surface area contributed by atoms with E-state index in [-0.39, 0.29) is 5.75 Å². The van der Waals surface area contributed by atoms with Crippen LogP contribution in [0.25, 0.3) is 0 Å². The molecule has 0 N–H and O–H groups in total. The summed E-state index contributed by atoms with van der Waals surface area (Å²) in [6, 6.07) is 8.51. The van der Waals surface area contributed by atoms with Crippen molar-refractivity contribution >= 4 is 9.84 Å². The van der Waals surface area contributed by atoms with Crippen LogP contribution in [0.2, 0.25) is 0 Å². The third kappa shape index (κ3) is 3.00. The van der Waals surface area contributed by atoms with Gasteiger partial charge in [-0.15, -0.1) is 0 Å². The molecule has 0 amide bonds. The van der Waals surface area contributed by atoms with Crippen molar-refractivity contribution in [3.63, 3.8) is 0 Å². The number of hydrogen-bond donors (Lipinski definition) is 0. The highest BCUT2D eigenvalue weighted by atomic mass is 32.2. The highest BCUT2D eigenvalue weighted by Crippen LogP contribution is 2.10. The van der Waals surface area contributed by atoms with E-state index in [2.05, 4.69) is 0 Å². The monoisotopic (exact) mass is 210 g/mol. The van der Waals surface area contributed by atoms with Crippen LogP contribution in [0.4, 0.5) is 0 Å². The maximum Gasteiger partial charge on any atom is 0.181 e. The summed E-state index contributed by atoms with van der Waals surface area (Å²) in [6.07, 6.45) is 1.72. The summed E-state index contributed by atoms with van der Waals surface area (Å²) in [5.74, 6) is 0.0827. The van der Waals surface area contributed by atoms with Gasteiger partial charge in [0.2, 0.25) is 0 Å². The SMILES string of the molecule is CC(C)=CCS(=O)(=O)c1ccccc1. The summed E-state index contributed by atoms with van der Waals surface area (Å²) in [4.78, 5) is 0.387. The lowest BCUT2D eigenvalue weighted by Crippen LogP contribution is -2.04. The van der Waals surface area contributed by atoms with E-state index in [1.54, 1.807) is 36.4 Å². The molecule has 1 rings (SSSR count). The second-order valence-corrected chi connectivity index (χ2v) is 5.41. The van der Waals surface area contributed by atoms with Crippen LogP contribution in [-0.4, -0.2) is 14.2 Å². The van der Waals surface area contributed by atoms with Crippen LogP contribution < -0.4 is 0 Å². The van der Waals surface area contributed by atoms with E-state index in [0.717, 1.165) is 5.57 Å². The van der Waals surface area contributed by atoms with Gasteiger partial charge in [-0.1, -0.05) is 29.8 Å². The van der Waals surface area contributed by atoms with E-state index in [4.69, 9.17) is 0 Å². The number of rotatable bonds is 3. The molecule has 0 aromatic heterocycles. The van der Waals surface area contributed by atoms with Crippen LogP contribution in [0.15, 0.2) is 46.9 Å². The summed E-state index contributed by atoms with van der Waals surface area (Å²) < 4.78 is 23.4. The Labute approximate surface area is 85.2 Å². The van der Waals surface area contributed by atoms with Gasteiger partial charge < -0.3 is 0 Å². The molecule has 0 heterocycles. The highest BCUT2D eigenvalue weighted by Gasteiger charge is 2.10. The molecule has 0 aliphatic heterocycles.